The maximum absolute atomic E-state index is 9.71. The average molecular weight is 270 g/mol. The SMILES string of the molecule is COc1ccc(OCc2cc3c(O)cccc3o2)cc1. The largest absolute Gasteiger partial charge is 0.507 e. The Hall–Kier alpha value is -2.62. The molecule has 3 aromatic rings. The molecule has 0 spiro atoms. The lowest BCUT2D eigenvalue weighted by Crippen LogP contribution is -1.93. The van der Waals surface area contributed by atoms with E-state index in [9.17, 15) is 5.11 Å². The van der Waals surface area contributed by atoms with Crippen LogP contribution in [0.2, 0.25) is 0 Å². The Kier molecular flexibility index (Phi) is 3.21. The van der Waals surface area contributed by atoms with Gasteiger partial charge in [0.05, 0.1) is 12.5 Å². The van der Waals surface area contributed by atoms with Crippen LogP contribution < -0.4 is 9.47 Å². The minimum absolute atomic E-state index is 0.210. The predicted molar refractivity (Wildman–Crippen MR) is 75.2 cm³/mol. The number of methoxy groups -OCH3 is 1. The molecule has 0 aliphatic carbocycles. The number of ether oxygens (including phenoxy) is 2. The smallest absolute Gasteiger partial charge is 0.146 e. The van der Waals surface area contributed by atoms with Crippen LogP contribution in [0.25, 0.3) is 11.0 Å². The minimum atomic E-state index is 0.210. The van der Waals surface area contributed by atoms with Crippen LogP contribution in [0.5, 0.6) is 17.2 Å². The van der Waals surface area contributed by atoms with Crippen molar-refractivity contribution in [1.29, 1.82) is 0 Å². The molecule has 0 aliphatic heterocycles. The summed E-state index contributed by atoms with van der Waals surface area (Å²) in [6.45, 7) is 0.306. The summed E-state index contributed by atoms with van der Waals surface area (Å²) < 4.78 is 16.3. The number of phenols is 1. The summed E-state index contributed by atoms with van der Waals surface area (Å²) in [5.74, 6) is 2.39. The van der Waals surface area contributed by atoms with Crippen LogP contribution >= 0.6 is 0 Å². The fourth-order valence-electron chi connectivity index (χ4n) is 2.00. The third kappa shape index (κ3) is 2.40. The van der Waals surface area contributed by atoms with E-state index < -0.39 is 0 Å². The van der Waals surface area contributed by atoms with Crippen LogP contribution in [0.15, 0.2) is 52.9 Å². The molecule has 0 fully saturated rings. The van der Waals surface area contributed by atoms with E-state index in [0.717, 1.165) is 11.5 Å². The summed E-state index contributed by atoms with van der Waals surface area (Å²) in [6.07, 6.45) is 0. The van der Waals surface area contributed by atoms with Crippen LogP contribution in [-0.4, -0.2) is 12.2 Å². The molecule has 0 atom stereocenters. The van der Waals surface area contributed by atoms with Gasteiger partial charge in [-0.25, -0.2) is 0 Å². The second kappa shape index (κ2) is 5.17. The second-order valence-corrected chi connectivity index (χ2v) is 4.37. The van der Waals surface area contributed by atoms with E-state index in [0.29, 0.717) is 23.3 Å². The van der Waals surface area contributed by atoms with Crippen molar-refractivity contribution in [1.82, 2.24) is 0 Å². The van der Waals surface area contributed by atoms with Gasteiger partial charge in [-0.2, -0.15) is 0 Å². The summed E-state index contributed by atoms with van der Waals surface area (Å²) in [5, 5.41) is 10.4. The summed E-state index contributed by atoms with van der Waals surface area (Å²) in [5.41, 5.74) is 0.651. The molecule has 1 N–H and O–H groups in total. The standard InChI is InChI=1S/C16H14O4/c1-18-11-5-7-12(8-6-11)19-10-13-9-14-15(17)3-2-4-16(14)20-13/h2-9,17H,10H2,1H3. The summed E-state index contributed by atoms with van der Waals surface area (Å²) in [7, 11) is 1.62. The first-order valence-electron chi connectivity index (χ1n) is 6.23. The van der Waals surface area contributed by atoms with Crippen molar-refractivity contribution in [2.45, 2.75) is 6.61 Å². The lowest BCUT2D eigenvalue weighted by Gasteiger charge is -2.04. The third-order valence-electron chi connectivity index (χ3n) is 3.03. The Balaban J connectivity index is 1.74. The van der Waals surface area contributed by atoms with Gasteiger partial charge in [0.25, 0.3) is 0 Å². The van der Waals surface area contributed by atoms with E-state index in [1.54, 1.807) is 25.3 Å². The summed E-state index contributed by atoms with van der Waals surface area (Å²) in [4.78, 5) is 0. The Morgan fingerprint density at radius 1 is 1.05 bits per heavy atom. The molecule has 0 bridgehead atoms. The Labute approximate surface area is 116 Å². The first-order valence-corrected chi connectivity index (χ1v) is 6.23. The quantitative estimate of drug-likeness (QED) is 0.785. The van der Waals surface area contributed by atoms with E-state index in [2.05, 4.69) is 0 Å². The molecule has 0 unspecified atom stereocenters. The first kappa shape index (κ1) is 12.4. The number of phenolic OH excluding ortho intramolecular Hbond substituents is 1. The van der Waals surface area contributed by atoms with Gasteiger partial charge in [0.15, 0.2) is 0 Å². The van der Waals surface area contributed by atoms with Crippen molar-refractivity contribution in [2.24, 2.45) is 0 Å². The lowest BCUT2D eigenvalue weighted by atomic mass is 10.2. The van der Waals surface area contributed by atoms with Crippen LogP contribution in [0.1, 0.15) is 5.76 Å². The fraction of sp³-hybridized carbons (Fsp3) is 0.125. The normalized spacial score (nSPS) is 10.7. The van der Waals surface area contributed by atoms with Gasteiger partial charge in [0.2, 0.25) is 0 Å². The zero-order valence-electron chi connectivity index (χ0n) is 11.0. The highest BCUT2D eigenvalue weighted by molar-refractivity contribution is 5.84. The zero-order chi connectivity index (χ0) is 13.9. The van der Waals surface area contributed by atoms with E-state index in [-0.39, 0.29) is 5.75 Å². The van der Waals surface area contributed by atoms with Gasteiger partial charge in [0, 0.05) is 0 Å². The Bertz CT molecular complexity index is 713. The van der Waals surface area contributed by atoms with Crippen LogP contribution in [0.4, 0.5) is 0 Å². The molecule has 20 heavy (non-hydrogen) atoms. The highest BCUT2D eigenvalue weighted by Gasteiger charge is 2.07. The van der Waals surface area contributed by atoms with Gasteiger partial charge in [-0.15, -0.1) is 0 Å². The molecule has 0 saturated heterocycles. The van der Waals surface area contributed by atoms with Gasteiger partial charge in [-0.3, -0.25) is 0 Å². The number of furan rings is 1. The number of benzene rings is 2. The highest BCUT2D eigenvalue weighted by Crippen LogP contribution is 2.28. The molecule has 102 valence electrons. The van der Waals surface area contributed by atoms with Crippen molar-refractivity contribution in [3.8, 4) is 17.2 Å². The maximum Gasteiger partial charge on any atom is 0.146 e. The number of hydrogen-bond acceptors (Lipinski definition) is 4. The third-order valence-corrected chi connectivity index (χ3v) is 3.03. The first-order chi connectivity index (χ1) is 9.76. The lowest BCUT2D eigenvalue weighted by molar-refractivity contribution is 0.274. The Morgan fingerprint density at radius 3 is 2.50 bits per heavy atom. The molecule has 1 heterocycles. The van der Waals surface area contributed by atoms with Crippen LogP contribution in [-0.2, 0) is 6.61 Å². The molecule has 0 saturated carbocycles. The van der Waals surface area contributed by atoms with Crippen molar-refractivity contribution in [2.75, 3.05) is 7.11 Å². The van der Waals surface area contributed by atoms with Gasteiger partial charge in [-0.05, 0) is 42.5 Å². The van der Waals surface area contributed by atoms with Crippen molar-refractivity contribution in [3.63, 3.8) is 0 Å². The van der Waals surface area contributed by atoms with E-state index in [4.69, 9.17) is 13.9 Å². The molecule has 4 nitrogen and oxygen atoms in total. The maximum atomic E-state index is 9.71. The van der Waals surface area contributed by atoms with Gasteiger partial charge >= 0.3 is 0 Å². The Morgan fingerprint density at radius 2 is 1.80 bits per heavy atom. The topological polar surface area (TPSA) is 51.8 Å². The predicted octanol–water partition coefficient (Wildman–Crippen LogP) is 3.73. The van der Waals surface area contributed by atoms with E-state index in [1.807, 2.05) is 30.3 Å². The molecule has 1 aromatic heterocycles. The molecular formula is C16H14O4. The molecule has 3 rings (SSSR count). The molecular weight excluding hydrogens is 256 g/mol. The van der Waals surface area contributed by atoms with Gasteiger partial charge in [-0.1, -0.05) is 6.07 Å². The number of hydrogen-bond donors (Lipinski definition) is 1. The summed E-state index contributed by atoms with van der Waals surface area (Å²) >= 11 is 0. The van der Waals surface area contributed by atoms with Gasteiger partial charge in [0.1, 0.15) is 35.2 Å². The molecule has 0 amide bonds. The summed E-state index contributed by atoms with van der Waals surface area (Å²) in [6, 6.07) is 14.3. The minimum Gasteiger partial charge on any atom is -0.507 e. The van der Waals surface area contributed by atoms with E-state index in [1.165, 1.54) is 0 Å². The van der Waals surface area contributed by atoms with Crippen molar-refractivity contribution >= 4 is 11.0 Å². The zero-order valence-corrected chi connectivity index (χ0v) is 11.0. The molecule has 4 heteroatoms. The fourth-order valence-corrected chi connectivity index (χ4v) is 2.00. The average Bonchev–Trinajstić information content (AvgIpc) is 2.90. The van der Waals surface area contributed by atoms with Gasteiger partial charge < -0.3 is 19.0 Å². The highest BCUT2D eigenvalue weighted by atomic mass is 16.5. The number of aromatic hydroxyl groups is 1. The van der Waals surface area contributed by atoms with Crippen LogP contribution in [0, 0.1) is 0 Å². The second-order valence-electron chi connectivity index (χ2n) is 4.37. The molecule has 0 aliphatic rings. The van der Waals surface area contributed by atoms with Crippen molar-refractivity contribution < 1.29 is 19.0 Å². The van der Waals surface area contributed by atoms with Crippen LogP contribution in [0.3, 0.4) is 0 Å². The van der Waals surface area contributed by atoms with E-state index >= 15 is 0 Å². The molecule has 0 radical (unpaired) electrons. The monoisotopic (exact) mass is 270 g/mol. The number of rotatable bonds is 4. The molecule has 2 aromatic carbocycles. The number of fused-ring (bicyclic) bond motifs is 1. The van der Waals surface area contributed by atoms with Crippen molar-refractivity contribution in [3.05, 3.63) is 54.3 Å².